The minimum atomic E-state index is -0.257. The van der Waals surface area contributed by atoms with Gasteiger partial charge in [0, 0.05) is 0 Å². The van der Waals surface area contributed by atoms with Gasteiger partial charge in [-0.05, 0) is 36.3 Å². The molecule has 1 aromatic carbocycles. The number of hydrogen-bond acceptors (Lipinski definition) is 1. The molecule has 0 amide bonds. The van der Waals surface area contributed by atoms with Crippen LogP contribution in [0.15, 0.2) is 36.4 Å². The van der Waals surface area contributed by atoms with E-state index in [1.54, 1.807) is 0 Å². The summed E-state index contributed by atoms with van der Waals surface area (Å²) in [5, 5.41) is 10.2. The molecular weight excluding hydrogens is 208 g/mol. The van der Waals surface area contributed by atoms with Gasteiger partial charge in [0.1, 0.15) is 0 Å². The Hall–Kier alpha value is -1.08. The number of hydrogen-bond donors (Lipinski definition) is 1. The molecule has 0 saturated heterocycles. The second-order valence-corrected chi connectivity index (χ2v) is 4.95. The van der Waals surface area contributed by atoms with Crippen LogP contribution in [0, 0.1) is 5.92 Å². The highest BCUT2D eigenvalue weighted by Crippen LogP contribution is 2.30. The van der Waals surface area contributed by atoms with Crippen molar-refractivity contribution in [2.45, 2.75) is 45.1 Å². The molecule has 1 aliphatic rings. The average Bonchev–Trinajstić information content (AvgIpc) is 2.90. The van der Waals surface area contributed by atoms with Gasteiger partial charge in [-0.1, -0.05) is 56.2 Å². The minimum absolute atomic E-state index is 0.257. The van der Waals surface area contributed by atoms with Crippen molar-refractivity contribution in [1.29, 1.82) is 0 Å². The van der Waals surface area contributed by atoms with Gasteiger partial charge in [0.15, 0.2) is 0 Å². The fourth-order valence-electron chi connectivity index (χ4n) is 2.71. The first-order valence-electron chi connectivity index (χ1n) is 6.75. The third-order valence-corrected chi connectivity index (χ3v) is 3.78. The lowest BCUT2D eigenvalue weighted by atomic mass is 9.95. The molecule has 92 valence electrons. The van der Waals surface area contributed by atoms with Crippen molar-refractivity contribution < 1.29 is 5.11 Å². The van der Waals surface area contributed by atoms with E-state index in [1.807, 2.05) is 6.07 Å². The summed E-state index contributed by atoms with van der Waals surface area (Å²) in [6.45, 7) is 2.15. The molecule has 1 saturated carbocycles. The van der Waals surface area contributed by atoms with Gasteiger partial charge < -0.3 is 5.11 Å². The van der Waals surface area contributed by atoms with Gasteiger partial charge in [-0.2, -0.15) is 0 Å². The zero-order valence-corrected chi connectivity index (χ0v) is 10.6. The van der Waals surface area contributed by atoms with Crippen LogP contribution in [-0.4, -0.2) is 11.2 Å². The van der Waals surface area contributed by atoms with Crippen LogP contribution in [0.5, 0.6) is 0 Å². The molecule has 0 aliphatic heterocycles. The van der Waals surface area contributed by atoms with Gasteiger partial charge in [-0.15, -0.1) is 0 Å². The van der Waals surface area contributed by atoms with Gasteiger partial charge in [0.25, 0.3) is 0 Å². The summed E-state index contributed by atoms with van der Waals surface area (Å²) in [7, 11) is 0. The Kier molecular flexibility index (Phi) is 4.38. The maximum absolute atomic E-state index is 10.2. The second kappa shape index (κ2) is 6.02. The standard InChI is InChI=1S/C16H22O/c1-2-13(14-8-4-3-5-9-14)12-16(17)15-10-6-7-11-15/h3-5,8-9,12,15-17H,2,6-7,10-11H2,1H3/b13-12+/t16-/m1/s1. The van der Waals surface area contributed by atoms with Crippen molar-refractivity contribution >= 4 is 5.57 Å². The van der Waals surface area contributed by atoms with E-state index in [9.17, 15) is 5.11 Å². The van der Waals surface area contributed by atoms with E-state index in [-0.39, 0.29) is 6.10 Å². The Morgan fingerprint density at radius 2 is 1.94 bits per heavy atom. The molecule has 1 fully saturated rings. The molecule has 0 radical (unpaired) electrons. The number of allylic oxidation sites excluding steroid dienone is 1. The summed E-state index contributed by atoms with van der Waals surface area (Å²) in [6, 6.07) is 10.4. The summed E-state index contributed by atoms with van der Waals surface area (Å²) >= 11 is 0. The molecule has 1 atom stereocenters. The smallest absolute Gasteiger partial charge is 0.0754 e. The van der Waals surface area contributed by atoms with E-state index < -0.39 is 0 Å². The van der Waals surface area contributed by atoms with Crippen molar-refractivity contribution in [3.05, 3.63) is 42.0 Å². The second-order valence-electron chi connectivity index (χ2n) is 4.95. The molecule has 2 rings (SSSR count). The van der Waals surface area contributed by atoms with Crippen LogP contribution in [0.1, 0.15) is 44.6 Å². The molecule has 0 aromatic heterocycles. The van der Waals surface area contributed by atoms with E-state index in [1.165, 1.54) is 36.8 Å². The van der Waals surface area contributed by atoms with Gasteiger partial charge in [-0.3, -0.25) is 0 Å². The number of aliphatic hydroxyl groups excluding tert-OH is 1. The molecule has 0 heterocycles. The van der Waals surface area contributed by atoms with Crippen LogP contribution in [0.3, 0.4) is 0 Å². The lowest BCUT2D eigenvalue weighted by molar-refractivity contribution is 0.156. The highest BCUT2D eigenvalue weighted by molar-refractivity contribution is 5.65. The quantitative estimate of drug-likeness (QED) is 0.828. The van der Waals surface area contributed by atoms with Crippen LogP contribution in [-0.2, 0) is 0 Å². The third-order valence-electron chi connectivity index (χ3n) is 3.78. The minimum Gasteiger partial charge on any atom is -0.389 e. The first-order valence-corrected chi connectivity index (χ1v) is 6.75. The first kappa shape index (κ1) is 12.4. The summed E-state index contributed by atoms with van der Waals surface area (Å²) < 4.78 is 0. The van der Waals surface area contributed by atoms with Crippen molar-refractivity contribution in [1.82, 2.24) is 0 Å². The van der Waals surface area contributed by atoms with E-state index in [0.29, 0.717) is 5.92 Å². The Bertz CT molecular complexity index is 360. The SMILES string of the molecule is CC/C(=C\[C@@H](O)C1CCCC1)c1ccccc1. The van der Waals surface area contributed by atoms with Crippen LogP contribution >= 0.6 is 0 Å². The van der Waals surface area contributed by atoms with Crippen molar-refractivity contribution in [3.8, 4) is 0 Å². The topological polar surface area (TPSA) is 20.2 Å². The molecule has 1 aliphatic carbocycles. The molecule has 1 nitrogen and oxygen atoms in total. The van der Waals surface area contributed by atoms with Gasteiger partial charge >= 0.3 is 0 Å². The summed E-state index contributed by atoms with van der Waals surface area (Å²) in [5.41, 5.74) is 2.51. The number of aliphatic hydroxyl groups is 1. The summed E-state index contributed by atoms with van der Waals surface area (Å²) in [6.07, 6.45) is 7.73. The number of rotatable bonds is 4. The first-order chi connectivity index (χ1) is 8.31. The van der Waals surface area contributed by atoms with Gasteiger partial charge in [-0.25, -0.2) is 0 Å². The molecule has 1 N–H and O–H groups in total. The predicted molar refractivity (Wildman–Crippen MR) is 72.7 cm³/mol. The fourth-order valence-corrected chi connectivity index (χ4v) is 2.71. The lowest BCUT2D eigenvalue weighted by Crippen LogP contribution is -2.15. The van der Waals surface area contributed by atoms with Gasteiger partial charge in [0.05, 0.1) is 6.10 Å². The normalized spacial score (nSPS) is 19.5. The molecule has 0 bridgehead atoms. The Balaban J connectivity index is 2.11. The number of benzene rings is 1. The Morgan fingerprint density at radius 3 is 2.53 bits per heavy atom. The Morgan fingerprint density at radius 1 is 1.29 bits per heavy atom. The lowest BCUT2D eigenvalue weighted by Gasteiger charge is -2.16. The largest absolute Gasteiger partial charge is 0.389 e. The van der Waals surface area contributed by atoms with Gasteiger partial charge in [0.2, 0.25) is 0 Å². The zero-order valence-electron chi connectivity index (χ0n) is 10.6. The van der Waals surface area contributed by atoms with Crippen molar-refractivity contribution in [3.63, 3.8) is 0 Å². The van der Waals surface area contributed by atoms with Crippen LogP contribution in [0.2, 0.25) is 0 Å². The maximum Gasteiger partial charge on any atom is 0.0754 e. The highest BCUT2D eigenvalue weighted by Gasteiger charge is 2.21. The molecule has 17 heavy (non-hydrogen) atoms. The van der Waals surface area contributed by atoms with Crippen LogP contribution < -0.4 is 0 Å². The predicted octanol–water partition coefficient (Wildman–Crippen LogP) is 4.03. The van der Waals surface area contributed by atoms with E-state index in [4.69, 9.17) is 0 Å². The molecule has 1 heteroatoms. The summed E-state index contributed by atoms with van der Waals surface area (Å²) in [4.78, 5) is 0. The van der Waals surface area contributed by atoms with E-state index in [0.717, 1.165) is 6.42 Å². The molecule has 1 aromatic rings. The molecule has 0 spiro atoms. The maximum atomic E-state index is 10.2. The van der Waals surface area contributed by atoms with Crippen LogP contribution in [0.25, 0.3) is 5.57 Å². The zero-order chi connectivity index (χ0) is 12.1. The van der Waals surface area contributed by atoms with E-state index >= 15 is 0 Å². The van der Waals surface area contributed by atoms with Crippen molar-refractivity contribution in [2.24, 2.45) is 5.92 Å². The van der Waals surface area contributed by atoms with E-state index in [2.05, 4.69) is 37.3 Å². The monoisotopic (exact) mass is 230 g/mol. The molecular formula is C16H22O. The third kappa shape index (κ3) is 3.19. The average molecular weight is 230 g/mol. The Labute approximate surface area is 104 Å². The fraction of sp³-hybridized carbons (Fsp3) is 0.500. The van der Waals surface area contributed by atoms with Crippen LogP contribution in [0.4, 0.5) is 0 Å². The van der Waals surface area contributed by atoms with Crippen molar-refractivity contribution in [2.75, 3.05) is 0 Å². The summed E-state index contributed by atoms with van der Waals surface area (Å²) in [5.74, 6) is 0.486. The highest BCUT2D eigenvalue weighted by atomic mass is 16.3. The molecule has 0 unspecified atom stereocenters.